The van der Waals surface area contributed by atoms with Crippen LogP contribution in [0.15, 0.2) is 40.1 Å². The first-order valence-electron chi connectivity index (χ1n) is 5.98. The summed E-state index contributed by atoms with van der Waals surface area (Å²) in [5.74, 6) is 0. The van der Waals surface area contributed by atoms with Gasteiger partial charge in [0.1, 0.15) is 5.52 Å². The first kappa shape index (κ1) is 12.6. The molecular formula is C13H11N3O3S. The highest BCUT2D eigenvalue weighted by Crippen LogP contribution is 2.27. The van der Waals surface area contributed by atoms with Gasteiger partial charge in [-0.05, 0) is 24.4 Å². The highest BCUT2D eigenvalue weighted by molar-refractivity contribution is 7.10. The molecule has 0 fully saturated rings. The number of rotatable bonds is 4. The molecule has 7 heteroatoms. The summed E-state index contributed by atoms with van der Waals surface area (Å²) >= 11 is 1.64. The molecule has 1 atom stereocenters. The molecule has 2 heterocycles. The standard InChI is InChI=1S/C13H11N3O3S/c1-8(12-3-2-6-20-12)14-13-15-10-5-4-9(16(17)18)7-11(10)19-13/h2-8H,1H3,(H,14,15). The van der Waals surface area contributed by atoms with E-state index in [0.717, 1.165) is 0 Å². The number of hydrogen-bond acceptors (Lipinski definition) is 6. The normalized spacial score (nSPS) is 12.4. The van der Waals surface area contributed by atoms with Crippen LogP contribution in [0.5, 0.6) is 0 Å². The van der Waals surface area contributed by atoms with Gasteiger partial charge in [0.2, 0.25) is 0 Å². The van der Waals surface area contributed by atoms with Crippen molar-refractivity contribution in [2.45, 2.75) is 13.0 Å². The van der Waals surface area contributed by atoms with E-state index in [1.54, 1.807) is 17.4 Å². The van der Waals surface area contributed by atoms with Gasteiger partial charge < -0.3 is 9.73 Å². The van der Waals surface area contributed by atoms with Crippen LogP contribution in [-0.4, -0.2) is 9.91 Å². The quantitative estimate of drug-likeness (QED) is 0.580. The van der Waals surface area contributed by atoms with Gasteiger partial charge in [-0.1, -0.05) is 6.07 Å². The second-order valence-electron chi connectivity index (χ2n) is 4.31. The van der Waals surface area contributed by atoms with Crippen molar-refractivity contribution in [2.24, 2.45) is 0 Å². The van der Waals surface area contributed by atoms with Crippen molar-refractivity contribution in [1.82, 2.24) is 4.98 Å². The number of thiophene rings is 1. The van der Waals surface area contributed by atoms with Gasteiger partial charge in [-0.15, -0.1) is 11.3 Å². The lowest BCUT2D eigenvalue weighted by atomic mass is 10.3. The average molecular weight is 289 g/mol. The lowest BCUT2D eigenvalue weighted by molar-refractivity contribution is -0.384. The van der Waals surface area contributed by atoms with Crippen LogP contribution in [0.4, 0.5) is 11.7 Å². The number of oxazole rings is 1. The van der Waals surface area contributed by atoms with Crippen molar-refractivity contribution < 1.29 is 9.34 Å². The van der Waals surface area contributed by atoms with Crippen molar-refractivity contribution in [1.29, 1.82) is 0 Å². The molecule has 1 aromatic carbocycles. The van der Waals surface area contributed by atoms with E-state index in [-0.39, 0.29) is 11.7 Å². The maximum Gasteiger partial charge on any atom is 0.296 e. The van der Waals surface area contributed by atoms with Crippen LogP contribution >= 0.6 is 11.3 Å². The van der Waals surface area contributed by atoms with Gasteiger partial charge >= 0.3 is 0 Å². The van der Waals surface area contributed by atoms with E-state index in [4.69, 9.17) is 4.42 Å². The highest BCUT2D eigenvalue weighted by atomic mass is 32.1. The molecule has 0 bridgehead atoms. The third-order valence-corrected chi connectivity index (χ3v) is 3.95. The summed E-state index contributed by atoms with van der Waals surface area (Å²) in [6, 6.07) is 8.81. The Morgan fingerprint density at radius 1 is 1.45 bits per heavy atom. The average Bonchev–Trinajstić information content (AvgIpc) is 3.06. The zero-order chi connectivity index (χ0) is 14.1. The number of nitrogens with zero attached hydrogens (tertiary/aromatic N) is 2. The highest BCUT2D eigenvalue weighted by Gasteiger charge is 2.14. The van der Waals surface area contributed by atoms with Crippen LogP contribution in [-0.2, 0) is 0 Å². The molecule has 0 aliphatic rings. The van der Waals surface area contributed by atoms with Crippen molar-refractivity contribution in [3.05, 3.63) is 50.7 Å². The Balaban J connectivity index is 1.87. The maximum atomic E-state index is 10.7. The molecule has 0 amide bonds. The summed E-state index contributed by atoms with van der Waals surface area (Å²) in [6.07, 6.45) is 0. The molecule has 0 aliphatic carbocycles. The first-order valence-corrected chi connectivity index (χ1v) is 6.86. The van der Waals surface area contributed by atoms with E-state index in [0.29, 0.717) is 17.1 Å². The SMILES string of the molecule is CC(Nc1nc2ccc([N+](=O)[O-])cc2o1)c1cccs1. The molecule has 0 saturated heterocycles. The summed E-state index contributed by atoms with van der Waals surface area (Å²) in [6.45, 7) is 2.00. The largest absolute Gasteiger partial charge is 0.423 e. The molecule has 1 unspecified atom stereocenters. The maximum absolute atomic E-state index is 10.7. The third-order valence-electron chi connectivity index (χ3n) is 2.89. The molecular weight excluding hydrogens is 278 g/mol. The van der Waals surface area contributed by atoms with Crippen LogP contribution in [0.2, 0.25) is 0 Å². The lowest BCUT2D eigenvalue weighted by Gasteiger charge is -2.08. The summed E-state index contributed by atoms with van der Waals surface area (Å²) in [4.78, 5) is 15.7. The molecule has 0 aliphatic heterocycles. The van der Waals surface area contributed by atoms with Crippen LogP contribution in [0.1, 0.15) is 17.8 Å². The Kier molecular flexibility index (Phi) is 3.11. The minimum Gasteiger partial charge on any atom is -0.423 e. The topological polar surface area (TPSA) is 81.2 Å². The van der Waals surface area contributed by atoms with E-state index >= 15 is 0 Å². The molecule has 0 spiro atoms. The molecule has 3 rings (SSSR count). The number of fused-ring (bicyclic) bond motifs is 1. The molecule has 3 aromatic rings. The monoisotopic (exact) mass is 289 g/mol. The van der Waals surface area contributed by atoms with E-state index in [1.807, 2.05) is 24.4 Å². The van der Waals surface area contributed by atoms with Crippen molar-refractivity contribution in [3.8, 4) is 0 Å². The van der Waals surface area contributed by atoms with Crippen molar-refractivity contribution in [2.75, 3.05) is 5.32 Å². The van der Waals surface area contributed by atoms with E-state index in [1.165, 1.54) is 17.0 Å². The number of non-ortho nitro benzene ring substituents is 1. The molecule has 102 valence electrons. The van der Waals surface area contributed by atoms with Gasteiger partial charge in [0, 0.05) is 10.9 Å². The number of anilines is 1. The first-order chi connectivity index (χ1) is 9.63. The second-order valence-corrected chi connectivity index (χ2v) is 5.29. The summed E-state index contributed by atoms with van der Waals surface area (Å²) in [7, 11) is 0. The number of nitro benzene ring substituents is 1. The Morgan fingerprint density at radius 2 is 2.30 bits per heavy atom. The minimum absolute atomic E-state index is 0.00787. The Labute approximate surface area is 118 Å². The van der Waals surface area contributed by atoms with Crippen LogP contribution in [0, 0.1) is 10.1 Å². The number of hydrogen-bond donors (Lipinski definition) is 1. The number of nitro groups is 1. The van der Waals surface area contributed by atoms with Crippen LogP contribution < -0.4 is 5.32 Å². The molecule has 1 N–H and O–H groups in total. The summed E-state index contributed by atoms with van der Waals surface area (Å²) in [5, 5.41) is 15.9. The van der Waals surface area contributed by atoms with Crippen LogP contribution in [0.3, 0.4) is 0 Å². The minimum atomic E-state index is -0.455. The third kappa shape index (κ3) is 2.35. The molecule has 20 heavy (non-hydrogen) atoms. The number of nitrogens with one attached hydrogen (secondary N) is 1. The van der Waals surface area contributed by atoms with E-state index in [9.17, 15) is 10.1 Å². The number of aromatic nitrogens is 1. The predicted octanol–water partition coefficient (Wildman–Crippen LogP) is 3.97. The van der Waals surface area contributed by atoms with Crippen molar-refractivity contribution >= 4 is 34.1 Å². The van der Waals surface area contributed by atoms with Gasteiger partial charge in [-0.2, -0.15) is 4.98 Å². The van der Waals surface area contributed by atoms with Gasteiger partial charge in [0.15, 0.2) is 5.58 Å². The molecule has 6 nitrogen and oxygen atoms in total. The van der Waals surface area contributed by atoms with Crippen LogP contribution in [0.25, 0.3) is 11.1 Å². The Hall–Kier alpha value is -2.41. The molecule has 2 aromatic heterocycles. The fraction of sp³-hybridized carbons (Fsp3) is 0.154. The van der Waals surface area contributed by atoms with E-state index < -0.39 is 4.92 Å². The Bertz CT molecular complexity index is 751. The van der Waals surface area contributed by atoms with Gasteiger partial charge in [0.05, 0.1) is 17.0 Å². The zero-order valence-corrected chi connectivity index (χ0v) is 11.4. The predicted molar refractivity (Wildman–Crippen MR) is 77.0 cm³/mol. The fourth-order valence-corrected chi connectivity index (χ4v) is 2.62. The number of benzene rings is 1. The van der Waals surface area contributed by atoms with Gasteiger partial charge in [-0.25, -0.2) is 0 Å². The van der Waals surface area contributed by atoms with Crippen molar-refractivity contribution in [3.63, 3.8) is 0 Å². The lowest BCUT2D eigenvalue weighted by Crippen LogP contribution is -2.04. The molecule has 0 saturated carbocycles. The zero-order valence-electron chi connectivity index (χ0n) is 10.6. The molecule has 0 radical (unpaired) electrons. The Morgan fingerprint density at radius 3 is 3.00 bits per heavy atom. The van der Waals surface area contributed by atoms with Gasteiger partial charge in [-0.3, -0.25) is 10.1 Å². The van der Waals surface area contributed by atoms with Gasteiger partial charge in [0.25, 0.3) is 11.7 Å². The second kappa shape index (κ2) is 4.93. The summed E-state index contributed by atoms with van der Waals surface area (Å²) < 4.78 is 5.51. The fourth-order valence-electron chi connectivity index (χ4n) is 1.88. The van der Waals surface area contributed by atoms with E-state index in [2.05, 4.69) is 10.3 Å². The smallest absolute Gasteiger partial charge is 0.296 e. The summed E-state index contributed by atoms with van der Waals surface area (Å²) in [5.41, 5.74) is 0.989.